The van der Waals surface area contributed by atoms with Crippen LogP contribution >= 0.6 is 11.3 Å². The van der Waals surface area contributed by atoms with Gasteiger partial charge in [0.25, 0.3) is 0 Å². The van der Waals surface area contributed by atoms with Gasteiger partial charge in [0.15, 0.2) is 5.13 Å². The summed E-state index contributed by atoms with van der Waals surface area (Å²) in [6.07, 6.45) is 9.33. The summed E-state index contributed by atoms with van der Waals surface area (Å²) in [4.78, 5) is 36.8. The number of likely N-dealkylation sites (N-methyl/N-ethyl adjacent to an activating group) is 1. The van der Waals surface area contributed by atoms with Gasteiger partial charge in [0.2, 0.25) is 11.8 Å². The maximum absolute atomic E-state index is 12.8. The molecule has 1 aliphatic carbocycles. The quantitative estimate of drug-likeness (QED) is 0.431. The molecule has 0 bridgehead atoms. The molecule has 1 saturated carbocycles. The second kappa shape index (κ2) is 10.7. The van der Waals surface area contributed by atoms with Gasteiger partial charge in [-0.15, -0.1) is 11.3 Å². The monoisotopic (exact) mass is 475 g/mol. The van der Waals surface area contributed by atoms with Crippen LogP contribution in [0.15, 0.2) is 60.9 Å². The lowest BCUT2D eigenvalue weighted by Crippen LogP contribution is -2.18. The standard InChI is InChI=1S/C26H29N5O2S/c1-17(25(33)30-26-28-16-22(34-26)18-9-10-18)19-6-4-7-20(14-19)21-11-12-23(27-15-21)29-24(32)8-5-13-31(2)3/h4-8,11-12,14-18H,9-10,13H2,1-3H3,(H,27,29,32)(H,28,30,33)/b8-5+/t17-/m0/s1. The molecule has 7 nitrogen and oxygen atoms in total. The van der Waals surface area contributed by atoms with Crippen LogP contribution in [0.3, 0.4) is 0 Å². The van der Waals surface area contributed by atoms with Crippen LogP contribution in [0.25, 0.3) is 11.1 Å². The highest BCUT2D eigenvalue weighted by Gasteiger charge is 2.26. The van der Waals surface area contributed by atoms with Crippen molar-refractivity contribution < 1.29 is 9.59 Å². The van der Waals surface area contributed by atoms with Gasteiger partial charge in [-0.3, -0.25) is 9.59 Å². The number of benzene rings is 1. The second-order valence-corrected chi connectivity index (χ2v) is 9.83. The number of nitrogens with one attached hydrogen (secondary N) is 2. The molecule has 2 amide bonds. The molecule has 0 spiro atoms. The first-order chi connectivity index (χ1) is 16.4. The molecule has 4 rings (SSSR count). The third-order valence-electron chi connectivity index (χ3n) is 5.60. The van der Waals surface area contributed by atoms with Gasteiger partial charge in [-0.1, -0.05) is 30.3 Å². The van der Waals surface area contributed by atoms with Crippen LogP contribution in [-0.4, -0.2) is 47.3 Å². The molecule has 1 aromatic carbocycles. The highest BCUT2D eigenvalue weighted by molar-refractivity contribution is 7.15. The summed E-state index contributed by atoms with van der Waals surface area (Å²) in [6, 6.07) is 11.6. The maximum Gasteiger partial charge on any atom is 0.249 e. The highest BCUT2D eigenvalue weighted by atomic mass is 32.1. The minimum absolute atomic E-state index is 0.0765. The number of rotatable bonds is 9. The summed E-state index contributed by atoms with van der Waals surface area (Å²) in [5, 5.41) is 6.38. The third kappa shape index (κ3) is 6.36. The van der Waals surface area contributed by atoms with E-state index in [9.17, 15) is 9.59 Å². The van der Waals surface area contributed by atoms with E-state index >= 15 is 0 Å². The molecule has 1 fully saturated rings. The van der Waals surface area contributed by atoms with Gasteiger partial charge in [-0.05, 0) is 63.0 Å². The number of hydrogen-bond donors (Lipinski definition) is 2. The summed E-state index contributed by atoms with van der Waals surface area (Å²) in [5.74, 6) is 0.501. The first-order valence-corrected chi connectivity index (χ1v) is 12.2. The first kappa shape index (κ1) is 23.8. The largest absolute Gasteiger partial charge is 0.307 e. The Bertz CT molecular complexity index is 1180. The Morgan fingerprint density at radius 1 is 1.12 bits per heavy atom. The lowest BCUT2D eigenvalue weighted by atomic mass is 9.96. The van der Waals surface area contributed by atoms with Crippen molar-refractivity contribution in [3.8, 4) is 11.1 Å². The molecule has 2 N–H and O–H groups in total. The molecule has 3 aromatic rings. The van der Waals surface area contributed by atoms with Crippen molar-refractivity contribution >= 4 is 34.1 Å². The maximum atomic E-state index is 12.8. The molecular formula is C26H29N5O2S. The Labute approximate surface area is 203 Å². The number of amides is 2. The number of thiazole rings is 1. The molecule has 1 atom stereocenters. The van der Waals surface area contributed by atoms with Gasteiger partial charge >= 0.3 is 0 Å². The smallest absolute Gasteiger partial charge is 0.249 e. The minimum atomic E-state index is -0.325. The predicted octanol–water partition coefficient (Wildman–Crippen LogP) is 4.88. The van der Waals surface area contributed by atoms with E-state index in [1.165, 1.54) is 23.8 Å². The Morgan fingerprint density at radius 3 is 2.65 bits per heavy atom. The van der Waals surface area contributed by atoms with Gasteiger partial charge in [0.05, 0.1) is 5.92 Å². The van der Waals surface area contributed by atoms with E-state index in [0.29, 0.717) is 23.4 Å². The van der Waals surface area contributed by atoms with Gasteiger partial charge in [0.1, 0.15) is 5.82 Å². The van der Waals surface area contributed by atoms with E-state index < -0.39 is 0 Å². The van der Waals surface area contributed by atoms with Gasteiger partial charge in [0, 0.05) is 35.5 Å². The van der Waals surface area contributed by atoms with Crippen molar-refractivity contribution in [3.63, 3.8) is 0 Å². The number of aromatic nitrogens is 2. The van der Waals surface area contributed by atoms with Crippen molar-refractivity contribution in [2.45, 2.75) is 31.6 Å². The van der Waals surface area contributed by atoms with Gasteiger partial charge in [-0.2, -0.15) is 0 Å². The molecule has 0 aliphatic heterocycles. The minimum Gasteiger partial charge on any atom is -0.307 e. The first-order valence-electron chi connectivity index (χ1n) is 11.3. The Morgan fingerprint density at radius 2 is 1.94 bits per heavy atom. The van der Waals surface area contributed by atoms with Gasteiger partial charge in [-0.25, -0.2) is 9.97 Å². The van der Waals surface area contributed by atoms with Crippen LogP contribution in [0.1, 0.15) is 42.0 Å². The zero-order valence-corrected chi connectivity index (χ0v) is 20.4. The Balaban J connectivity index is 1.38. The van der Waals surface area contributed by atoms with E-state index in [1.54, 1.807) is 29.7 Å². The predicted molar refractivity (Wildman–Crippen MR) is 137 cm³/mol. The van der Waals surface area contributed by atoms with Crippen molar-refractivity contribution in [2.75, 3.05) is 31.3 Å². The van der Waals surface area contributed by atoms with Crippen LogP contribution in [0.4, 0.5) is 10.9 Å². The van der Waals surface area contributed by atoms with E-state index in [1.807, 2.05) is 62.4 Å². The van der Waals surface area contributed by atoms with Crippen LogP contribution in [0.5, 0.6) is 0 Å². The summed E-state index contributed by atoms with van der Waals surface area (Å²) < 4.78 is 0. The molecule has 2 heterocycles. The van der Waals surface area contributed by atoms with Crippen molar-refractivity contribution in [2.24, 2.45) is 0 Å². The summed E-state index contributed by atoms with van der Waals surface area (Å²) in [5.41, 5.74) is 2.78. The number of carbonyl (C=O) groups excluding carboxylic acids is 2. The lowest BCUT2D eigenvalue weighted by molar-refractivity contribution is -0.117. The second-order valence-electron chi connectivity index (χ2n) is 8.76. The van der Waals surface area contributed by atoms with Crippen LogP contribution in [-0.2, 0) is 9.59 Å². The Kier molecular flexibility index (Phi) is 7.49. The van der Waals surface area contributed by atoms with Crippen molar-refractivity contribution in [3.05, 3.63) is 71.4 Å². The number of carbonyl (C=O) groups is 2. The van der Waals surface area contributed by atoms with E-state index in [2.05, 4.69) is 20.6 Å². The summed E-state index contributed by atoms with van der Waals surface area (Å²) >= 11 is 1.57. The average molecular weight is 476 g/mol. The number of pyridine rings is 1. The molecular weight excluding hydrogens is 446 g/mol. The zero-order valence-electron chi connectivity index (χ0n) is 19.6. The van der Waals surface area contributed by atoms with Gasteiger partial charge < -0.3 is 15.5 Å². The van der Waals surface area contributed by atoms with Crippen molar-refractivity contribution in [1.29, 1.82) is 0 Å². The zero-order chi connectivity index (χ0) is 24.1. The average Bonchev–Trinajstić information content (AvgIpc) is 3.57. The molecule has 0 radical (unpaired) electrons. The number of nitrogens with zero attached hydrogens (tertiary/aromatic N) is 3. The van der Waals surface area contributed by atoms with Crippen LogP contribution < -0.4 is 10.6 Å². The molecule has 8 heteroatoms. The molecule has 2 aromatic heterocycles. The summed E-state index contributed by atoms with van der Waals surface area (Å²) in [7, 11) is 3.88. The fourth-order valence-corrected chi connectivity index (χ4v) is 4.42. The lowest BCUT2D eigenvalue weighted by Gasteiger charge is -2.13. The number of anilines is 2. The van der Waals surface area contributed by atoms with E-state index in [-0.39, 0.29) is 17.7 Å². The highest BCUT2D eigenvalue weighted by Crippen LogP contribution is 2.43. The fourth-order valence-electron chi connectivity index (χ4n) is 3.43. The molecule has 0 unspecified atom stereocenters. The molecule has 0 saturated heterocycles. The van der Waals surface area contributed by atoms with E-state index in [0.717, 1.165) is 16.7 Å². The SMILES string of the molecule is C[C@H](C(=O)Nc1ncc(C2CC2)s1)c1cccc(-c2ccc(NC(=O)/C=C/CN(C)C)nc2)c1. The third-order valence-corrected chi connectivity index (χ3v) is 6.68. The Hall–Kier alpha value is -3.36. The van der Waals surface area contributed by atoms with Crippen molar-refractivity contribution in [1.82, 2.24) is 14.9 Å². The van der Waals surface area contributed by atoms with Crippen LogP contribution in [0, 0.1) is 0 Å². The normalized spacial score (nSPS) is 14.4. The summed E-state index contributed by atoms with van der Waals surface area (Å²) in [6.45, 7) is 2.59. The fraction of sp³-hybridized carbons (Fsp3) is 0.308. The topological polar surface area (TPSA) is 87.2 Å². The molecule has 176 valence electrons. The molecule has 1 aliphatic rings. The molecule has 34 heavy (non-hydrogen) atoms. The van der Waals surface area contributed by atoms with E-state index in [4.69, 9.17) is 0 Å². The number of hydrogen-bond acceptors (Lipinski definition) is 6. The van der Waals surface area contributed by atoms with Crippen LogP contribution in [0.2, 0.25) is 0 Å².